The van der Waals surface area contributed by atoms with E-state index in [9.17, 15) is 4.79 Å². The molecule has 2 aromatic rings. The summed E-state index contributed by atoms with van der Waals surface area (Å²) in [5.74, 6) is 0.742. The Bertz CT molecular complexity index is 581. The molecule has 6 heteroatoms. The summed E-state index contributed by atoms with van der Waals surface area (Å²) < 4.78 is 3.46. The van der Waals surface area contributed by atoms with Crippen molar-refractivity contribution in [3.8, 4) is 0 Å². The Morgan fingerprint density at radius 2 is 2.11 bits per heavy atom. The maximum atomic E-state index is 12.3. The molecule has 18 heavy (non-hydrogen) atoms. The van der Waals surface area contributed by atoms with E-state index >= 15 is 0 Å². The van der Waals surface area contributed by atoms with E-state index in [1.807, 2.05) is 27.8 Å². The number of Topliss-reactive ketones (excluding diaryl/α,β-unsaturated/α-hetero) is 1. The molecule has 0 atom stereocenters. The topological polar surface area (TPSA) is 65.6 Å². The highest BCUT2D eigenvalue weighted by Crippen LogP contribution is 2.14. The number of carbonyl (C=O) groups excluding carboxylic acids is 1. The molecule has 0 N–H and O–H groups in total. The van der Waals surface area contributed by atoms with Crippen molar-refractivity contribution < 1.29 is 4.79 Å². The molecular formula is C12H17N5O. The normalized spacial score (nSPS) is 10.9. The Balaban J connectivity index is 2.28. The van der Waals surface area contributed by atoms with E-state index in [-0.39, 0.29) is 12.2 Å². The minimum atomic E-state index is 0.0424. The van der Waals surface area contributed by atoms with Crippen LogP contribution in [0.15, 0.2) is 6.33 Å². The molecule has 0 bridgehead atoms. The molecule has 96 valence electrons. The second-order valence-corrected chi connectivity index (χ2v) is 4.26. The highest BCUT2D eigenvalue weighted by Gasteiger charge is 2.19. The highest BCUT2D eigenvalue weighted by molar-refractivity contribution is 5.99. The molecule has 0 spiro atoms. The Labute approximate surface area is 106 Å². The minimum absolute atomic E-state index is 0.0424. The molecule has 0 radical (unpaired) electrons. The Hall–Kier alpha value is -1.98. The van der Waals surface area contributed by atoms with Crippen LogP contribution < -0.4 is 0 Å². The van der Waals surface area contributed by atoms with Gasteiger partial charge in [-0.05, 0) is 20.8 Å². The zero-order chi connectivity index (χ0) is 13.3. The van der Waals surface area contributed by atoms with Crippen LogP contribution in [-0.2, 0) is 20.0 Å². The average Bonchev–Trinajstić information content (AvgIpc) is 2.85. The van der Waals surface area contributed by atoms with Gasteiger partial charge in [-0.25, -0.2) is 9.67 Å². The van der Waals surface area contributed by atoms with E-state index in [0.717, 1.165) is 11.4 Å². The predicted molar refractivity (Wildman–Crippen MR) is 66.4 cm³/mol. The van der Waals surface area contributed by atoms with Gasteiger partial charge in [0.2, 0.25) is 0 Å². The molecule has 0 unspecified atom stereocenters. The molecule has 0 saturated carbocycles. The number of aromatic nitrogens is 5. The summed E-state index contributed by atoms with van der Waals surface area (Å²) in [5.41, 5.74) is 2.35. The number of hydrogen-bond acceptors (Lipinski definition) is 4. The van der Waals surface area contributed by atoms with Gasteiger partial charge in [-0.2, -0.15) is 10.2 Å². The summed E-state index contributed by atoms with van der Waals surface area (Å²) in [6.07, 6.45) is 1.75. The fraction of sp³-hybridized carbons (Fsp3) is 0.500. The van der Waals surface area contributed by atoms with Gasteiger partial charge in [-0.3, -0.25) is 9.48 Å². The highest BCUT2D eigenvalue weighted by atomic mass is 16.1. The zero-order valence-corrected chi connectivity index (χ0v) is 11.1. The molecule has 0 aliphatic rings. The van der Waals surface area contributed by atoms with Crippen molar-refractivity contribution in [2.24, 2.45) is 7.05 Å². The van der Waals surface area contributed by atoms with E-state index in [4.69, 9.17) is 0 Å². The van der Waals surface area contributed by atoms with Gasteiger partial charge >= 0.3 is 0 Å². The number of nitrogens with zero attached hydrogens (tertiary/aromatic N) is 5. The van der Waals surface area contributed by atoms with E-state index in [0.29, 0.717) is 17.9 Å². The molecule has 0 aliphatic carbocycles. The van der Waals surface area contributed by atoms with Gasteiger partial charge in [0.1, 0.15) is 12.2 Å². The van der Waals surface area contributed by atoms with Crippen LogP contribution in [0, 0.1) is 13.8 Å². The first-order valence-corrected chi connectivity index (χ1v) is 5.94. The number of ketones is 1. The quantitative estimate of drug-likeness (QED) is 0.758. The smallest absolute Gasteiger partial charge is 0.174 e. The fourth-order valence-electron chi connectivity index (χ4n) is 2.10. The third-order valence-electron chi connectivity index (χ3n) is 3.10. The molecule has 2 rings (SSSR count). The van der Waals surface area contributed by atoms with E-state index in [1.165, 1.54) is 6.33 Å². The Kier molecular flexibility index (Phi) is 3.27. The van der Waals surface area contributed by atoms with E-state index in [1.54, 1.807) is 9.36 Å². The first kappa shape index (κ1) is 12.5. The summed E-state index contributed by atoms with van der Waals surface area (Å²) in [4.78, 5) is 16.4. The van der Waals surface area contributed by atoms with Crippen molar-refractivity contribution >= 4 is 5.78 Å². The molecule has 2 aromatic heterocycles. The minimum Gasteiger partial charge on any atom is -0.294 e. The fourth-order valence-corrected chi connectivity index (χ4v) is 2.10. The predicted octanol–water partition coefficient (Wildman–Crippen LogP) is 1.07. The van der Waals surface area contributed by atoms with Crippen LogP contribution in [-0.4, -0.2) is 30.3 Å². The van der Waals surface area contributed by atoms with Crippen molar-refractivity contribution in [2.45, 2.75) is 33.7 Å². The zero-order valence-electron chi connectivity index (χ0n) is 11.1. The Morgan fingerprint density at radius 3 is 2.67 bits per heavy atom. The van der Waals surface area contributed by atoms with Crippen LogP contribution in [0.3, 0.4) is 0 Å². The van der Waals surface area contributed by atoms with E-state index in [2.05, 4.69) is 15.2 Å². The van der Waals surface area contributed by atoms with Crippen molar-refractivity contribution in [3.05, 3.63) is 29.1 Å². The number of rotatable bonds is 4. The molecule has 0 fully saturated rings. The van der Waals surface area contributed by atoms with Crippen LogP contribution in [0.25, 0.3) is 0 Å². The number of hydrogen-bond donors (Lipinski definition) is 0. The maximum absolute atomic E-state index is 12.3. The van der Waals surface area contributed by atoms with Crippen LogP contribution >= 0.6 is 0 Å². The van der Waals surface area contributed by atoms with Crippen LogP contribution in [0.2, 0.25) is 0 Å². The average molecular weight is 247 g/mol. The second kappa shape index (κ2) is 4.72. The SMILES string of the molecule is CCn1ncnc1CC(=O)c1c(C)nn(C)c1C. The van der Waals surface area contributed by atoms with Crippen LogP contribution in [0.1, 0.15) is 34.5 Å². The Morgan fingerprint density at radius 1 is 1.39 bits per heavy atom. The van der Waals surface area contributed by atoms with Crippen molar-refractivity contribution in [3.63, 3.8) is 0 Å². The second-order valence-electron chi connectivity index (χ2n) is 4.26. The van der Waals surface area contributed by atoms with Crippen molar-refractivity contribution in [1.82, 2.24) is 24.5 Å². The lowest BCUT2D eigenvalue weighted by Crippen LogP contribution is -2.12. The molecule has 0 aromatic carbocycles. The molecule has 0 aliphatic heterocycles. The van der Waals surface area contributed by atoms with Gasteiger partial charge in [-0.15, -0.1) is 0 Å². The summed E-state index contributed by atoms with van der Waals surface area (Å²) in [6, 6.07) is 0. The van der Waals surface area contributed by atoms with Gasteiger partial charge < -0.3 is 0 Å². The number of aryl methyl sites for hydroxylation is 3. The molecule has 0 amide bonds. The molecular weight excluding hydrogens is 230 g/mol. The van der Waals surface area contributed by atoms with E-state index < -0.39 is 0 Å². The summed E-state index contributed by atoms with van der Waals surface area (Å²) in [6.45, 7) is 6.44. The van der Waals surface area contributed by atoms with Gasteiger partial charge in [-0.1, -0.05) is 0 Å². The molecule has 2 heterocycles. The maximum Gasteiger partial charge on any atom is 0.174 e. The first-order chi connectivity index (χ1) is 8.54. The van der Waals surface area contributed by atoms with Gasteiger partial charge in [0.15, 0.2) is 5.78 Å². The molecule has 6 nitrogen and oxygen atoms in total. The number of carbonyl (C=O) groups is 1. The monoisotopic (exact) mass is 247 g/mol. The largest absolute Gasteiger partial charge is 0.294 e. The van der Waals surface area contributed by atoms with Crippen LogP contribution in [0.4, 0.5) is 0 Å². The first-order valence-electron chi connectivity index (χ1n) is 5.94. The summed E-state index contributed by atoms with van der Waals surface area (Å²) in [5, 5.41) is 8.32. The standard InChI is InChI=1S/C12H17N5O/c1-5-17-11(13-7-14-17)6-10(18)12-8(2)15-16(4)9(12)3/h7H,5-6H2,1-4H3. The van der Waals surface area contributed by atoms with Gasteiger partial charge in [0, 0.05) is 19.3 Å². The summed E-state index contributed by atoms with van der Waals surface area (Å²) in [7, 11) is 1.84. The lowest BCUT2D eigenvalue weighted by molar-refractivity contribution is 0.0988. The van der Waals surface area contributed by atoms with Crippen molar-refractivity contribution in [1.29, 1.82) is 0 Å². The lowest BCUT2D eigenvalue weighted by Gasteiger charge is -2.03. The van der Waals surface area contributed by atoms with Gasteiger partial charge in [0.05, 0.1) is 17.7 Å². The lowest BCUT2D eigenvalue weighted by atomic mass is 10.1. The summed E-state index contributed by atoms with van der Waals surface area (Å²) >= 11 is 0. The van der Waals surface area contributed by atoms with Crippen LogP contribution in [0.5, 0.6) is 0 Å². The van der Waals surface area contributed by atoms with Crippen molar-refractivity contribution in [2.75, 3.05) is 0 Å². The molecule has 0 saturated heterocycles. The third kappa shape index (κ3) is 2.05. The van der Waals surface area contributed by atoms with Gasteiger partial charge in [0.25, 0.3) is 0 Å². The third-order valence-corrected chi connectivity index (χ3v) is 3.10.